The number of dihydropyridines is 1. The van der Waals surface area contributed by atoms with Crippen molar-refractivity contribution < 1.29 is 13.0 Å². The summed E-state index contributed by atoms with van der Waals surface area (Å²) < 4.78 is 50.3. The summed E-state index contributed by atoms with van der Waals surface area (Å²) in [5.41, 5.74) is 2.44. The summed E-state index contributed by atoms with van der Waals surface area (Å²) in [5.74, 6) is 0. The maximum absolute atomic E-state index is 13.4. The van der Waals surface area contributed by atoms with Crippen molar-refractivity contribution in [2.75, 3.05) is 0 Å². The normalized spacial score (nSPS) is 27.5. The molecule has 3 N–H and O–H groups in total. The Hall–Kier alpha value is -2.70. The lowest BCUT2D eigenvalue weighted by Crippen LogP contribution is -2.44. The van der Waals surface area contributed by atoms with Gasteiger partial charge in [0, 0.05) is 23.9 Å². The minimum Gasteiger partial charge on any atom is -0.359 e. The van der Waals surface area contributed by atoms with Crippen molar-refractivity contribution >= 4 is 9.92 Å². The Morgan fingerprint density at radius 2 is 2.03 bits per heavy atom. The molecule has 0 amide bonds. The van der Waals surface area contributed by atoms with Gasteiger partial charge in [0.25, 0.3) is 6.43 Å². The second kappa shape index (κ2) is 8.09. The number of hydrogen-bond acceptors (Lipinski definition) is 5. The molecule has 0 aromatic heterocycles. The molecule has 2 aliphatic heterocycles. The molecule has 9 heteroatoms. The molecule has 1 fully saturated rings. The predicted molar refractivity (Wildman–Crippen MR) is 116 cm³/mol. The number of alkyl halides is 2. The third-order valence-electron chi connectivity index (χ3n) is 5.81. The van der Waals surface area contributed by atoms with Crippen LogP contribution >= 0.6 is 0 Å². The van der Waals surface area contributed by atoms with Gasteiger partial charge in [0.05, 0.1) is 27.9 Å². The van der Waals surface area contributed by atoms with E-state index in [2.05, 4.69) is 21.0 Å². The molecule has 2 unspecified atom stereocenters. The van der Waals surface area contributed by atoms with E-state index in [1.165, 1.54) is 12.3 Å². The van der Waals surface area contributed by atoms with Gasteiger partial charge in [0.1, 0.15) is 16.0 Å². The number of rotatable bonds is 5. The first-order valence-corrected chi connectivity index (χ1v) is 11.8. The van der Waals surface area contributed by atoms with Crippen molar-refractivity contribution in [3.63, 3.8) is 0 Å². The molecule has 2 atom stereocenters. The minimum atomic E-state index is -3.17. The molecule has 0 saturated heterocycles. The Morgan fingerprint density at radius 3 is 2.55 bits per heavy atom. The summed E-state index contributed by atoms with van der Waals surface area (Å²) >= 11 is 0. The second-order valence-electron chi connectivity index (χ2n) is 8.30. The summed E-state index contributed by atoms with van der Waals surface area (Å²) in [6.45, 7) is 3.64. The third kappa shape index (κ3) is 3.86. The van der Waals surface area contributed by atoms with E-state index < -0.39 is 22.4 Å². The molecular weight excluding hydrogens is 420 g/mol. The molecule has 2 heterocycles. The van der Waals surface area contributed by atoms with Crippen LogP contribution in [-0.2, 0) is 9.92 Å². The lowest BCUT2D eigenvalue weighted by molar-refractivity contribution is 0.161. The summed E-state index contributed by atoms with van der Waals surface area (Å²) in [4.78, 5) is 2.38. The van der Waals surface area contributed by atoms with Crippen LogP contribution in [0.3, 0.4) is 0 Å². The molecule has 4 aliphatic rings. The zero-order chi connectivity index (χ0) is 22.3. The highest BCUT2D eigenvalue weighted by atomic mass is 32.2. The van der Waals surface area contributed by atoms with Gasteiger partial charge in [-0.1, -0.05) is 12.2 Å². The molecule has 0 bridgehead atoms. The van der Waals surface area contributed by atoms with E-state index in [0.29, 0.717) is 21.9 Å². The van der Waals surface area contributed by atoms with E-state index in [9.17, 15) is 18.3 Å². The van der Waals surface area contributed by atoms with Gasteiger partial charge in [-0.2, -0.15) is 5.26 Å². The van der Waals surface area contributed by atoms with Gasteiger partial charge in [-0.3, -0.25) is 0 Å². The standard InChI is InChI=1S/C22H25F2N5OS/c1-13(2)28-31(26,30)16-7-9-19(27-12-16)21-18(11-25)17-8-6-14(22(23)24)10-20(17)29(21)15-4-3-5-15/h6-10,12-13,15,20,22,27H,3-5H2,1-2H3,(H2,26,28,30). The van der Waals surface area contributed by atoms with Crippen molar-refractivity contribution in [2.45, 2.75) is 57.7 Å². The summed E-state index contributed by atoms with van der Waals surface area (Å²) in [7, 11) is -3.17. The van der Waals surface area contributed by atoms with Crippen LogP contribution in [0.5, 0.6) is 0 Å². The molecular formula is C22H25F2N5OS. The van der Waals surface area contributed by atoms with Crippen LogP contribution in [0.1, 0.15) is 33.1 Å². The van der Waals surface area contributed by atoms with Crippen molar-refractivity contribution in [3.8, 4) is 6.07 Å². The maximum atomic E-state index is 13.4. The van der Waals surface area contributed by atoms with Crippen molar-refractivity contribution in [2.24, 2.45) is 0 Å². The first kappa shape index (κ1) is 21.5. The smallest absolute Gasteiger partial charge is 0.263 e. The molecule has 1 saturated carbocycles. The quantitative estimate of drug-likeness (QED) is 0.597. The average Bonchev–Trinajstić information content (AvgIpc) is 2.99. The monoisotopic (exact) mass is 445 g/mol. The summed E-state index contributed by atoms with van der Waals surface area (Å²) in [6, 6.07) is 1.91. The molecule has 0 spiro atoms. The molecule has 4 rings (SSSR count). The lowest BCUT2D eigenvalue weighted by Gasteiger charge is -2.42. The Balaban J connectivity index is 1.75. The van der Waals surface area contributed by atoms with Crippen LogP contribution in [0.15, 0.2) is 69.6 Å². The highest BCUT2D eigenvalue weighted by Gasteiger charge is 2.43. The van der Waals surface area contributed by atoms with E-state index in [4.69, 9.17) is 4.78 Å². The number of hydrogen-bond donors (Lipinski definition) is 3. The van der Waals surface area contributed by atoms with Crippen LogP contribution in [0, 0.1) is 16.1 Å². The van der Waals surface area contributed by atoms with E-state index in [1.54, 1.807) is 24.3 Å². The van der Waals surface area contributed by atoms with Gasteiger partial charge in [-0.25, -0.2) is 22.5 Å². The van der Waals surface area contributed by atoms with Crippen LogP contribution in [0.4, 0.5) is 8.78 Å². The fourth-order valence-corrected chi connectivity index (χ4v) is 5.51. The maximum Gasteiger partial charge on any atom is 0.263 e. The zero-order valence-corrected chi connectivity index (χ0v) is 18.2. The fourth-order valence-electron chi connectivity index (χ4n) is 4.23. The van der Waals surface area contributed by atoms with Crippen LogP contribution in [0.25, 0.3) is 0 Å². The summed E-state index contributed by atoms with van der Waals surface area (Å²) in [6.07, 6.45) is 9.77. The van der Waals surface area contributed by atoms with Crippen molar-refractivity contribution in [1.82, 2.24) is 14.9 Å². The van der Waals surface area contributed by atoms with Crippen LogP contribution < -0.4 is 10.0 Å². The van der Waals surface area contributed by atoms with E-state index in [-0.39, 0.29) is 17.7 Å². The van der Waals surface area contributed by atoms with Gasteiger partial charge >= 0.3 is 0 Å². The van der Waals surface area contributed by atoms with Crippen molar-refractivity contribution in [1.29, 1.82) is 10.0 Å². The molecule has 0 radical (unpaired) electrons. The van der Waals surface area contributed by atoms with Crippen LogP contribution in [0.2, 0.25) is 0 Å². The first-order valence-electron chi connectivity index (χ1n) is 10.3. The van der Waals surface area contributed by atoms with Crippen molar-refractivity contribution in [3.05, 3.63) is 69.6 Å². The summed E-state index contributed by atoms with van der Waals surface area (Å²) in [5, 5.41) is 13.0. The first-order chi connectivity index (χ1) is 14.7. The highest BCUT2D eigenvalue weighted by Crippen LogP contribution is 2.45. The fraction of sp³-hybridized carbons (Fsp3) is 0.409. The topological polar surface area (TPSA) is 92.0 Å². The second-order valence-corrected chi connectivity index (χ2v) is 10.1. The number of fused-ring (bicyclic) bond motifs is 1. The molecule has 0 aromatic carbocycles. The number of halogens is 2. The van der Waals surface area contributed by atoms with E-state index >= 15 is 0 Å². The molecule has 31 heavy (non-hydrogen) atoms. The van der Waals surface area contributed by atoms with Gasteiger partial charge in [-0.05, 0) is 56.9 Å². The average molecular weight is 446 g/mol. The van der Waals surface area contributed by atoms with Crippen LogP contribution in [-0.4, -0.2) is 33.7 Å². The largest absolute Gasteiger partial charge is 0.359 e. The minimum absolute atomic E-state index is 0.0374. The Kier molecular flexibility index (Phi) is 5.62. The van der Waals surface area contributed by atoms with E-state index in [1.807, 2.05) is 13.8 Å². The number of nitrogens with zero attached hydrogens (tertiary/aromatic N) is 2. The molecule has 2 aliphatic carbocycles. The van der Waals surface area contributed by atoms with E-state index in [0.717, 1.165) is 24.8 Å². The molecule has 164 valence electrons. The number of allylic oxidation sites excluding steroid dienone is 5. The lowest BCUT2D eigenvalue weighted by atomic mass is 9.89. The molecule has 6 nitrogen and oxygen atoms in total. The van der Waals surface area contributed by atoms with Gasteiger partial charge < -0.3 is 10.2 Å². The Labute approximate surface area is 181 Å². The number of nitrogens with one attached hydrogen (secondary N) is 3. The zero-order valence-electron chi connectivity index (χ0n) is 17.4. The van der Waals surface area contributed by atoms with Gasteiger partial charge in [-0.15, -0.1) is 0 Å². The van der Waals surface area contributed by atoms with Gasteiger partial charge in [0.2, 0.25) is 0 Å². The molecule has 0 aromatic rings. The Morgan fingerprint density at radius 1 is 1.29 bits per heavy atom. The number of nitriles is 1. The van der Waals surface area contributed by atoms with Gasteiger partial charge in [0.15, 0.2) is 0 Å². The Bertz CT molecular complexity index is 1120. The SMILES string of the molecule is CC(C)NS(=N)(=O)C1=CNC(=C2C(C#N)=C3C=CC(C(F)F)=CC3N2C2CCC2)C=C1. The third-order valence-corrected chi connectivity index (χ3v) is 7.53. The predicted octanol–water partition coefficient (Wildman–Crippen LogP) is 3.98. The highest BCUT2D eigenvalue weighted by molar-refractivity contribution is 7.94.